The summed E-state index contributed by atoms with van der Waals surface area (Å²) in [6, 6.07) is 0. The molecule has 0 aliphatic rings. The Balaban J connectivity index is 5.23. The summed E-state index contributed by atoms with van der Waals surface area (Å²) in [5.41, 5.74) is -4.56. The van der Waals surface area contributed by atoms with Crippen molar-refractivity contribution in [3.8, 4) is 0 Å². The minimum Gasteiger partial charge on any atom is -0.393 e. The predicted molar refractivity (Wildman–Crippen MR) is 271 cm³/mol. The molecule has 0 radical (unpaired) electrons. The highest BCUT2D eigenvalue weighted by molar-refractivity contribution is 6.26. The fraction of sp³-hybridized carbons (Fsp3) is 0.912. The number of Topliss-reactive ketones (excluding diaryl/α,β-unsaturated/α-hetero) is 3. The van der Waals surface area contributed by atoms with Gasteiger partial charge >= 0.3 is 0 Å². The normalized spacial score (nSPS) is 12.2. The Hall–Kier alpha value is -1.37. The van der Waals surface area contributed by atoms with Gasteiger partial charge in [0.05, 0.1) is 13.2 Å². The van der Waals surface area contributed by atoms with Gasteiger partial charge in [0.1, 0.15) is 5.41 Å². The summed E-state index contributed by atoms with van der Waals surface area (Å²) in [5.74, 6) is -1.84. The summed E-state index contributed by atoms with van der Waals surface area (Å²) < 4.78 is 0. The van der Waals surface area contributed by atoms with Crippen LogP contribution in [-0.4, -0.2) is 51.5 Å². The second kappa shape index (κ2) is 45.8. The monoisotopic (exact) mass is 889 g/mol. The van der Waals surface area contributed by atoms with Crippen LogP contribution in [0.1, 0.15) is 310 Å². The number of hydrogen-bond acceptors (Lipinski definition) is 6. The lowest BCUT2D eigenvalue weighted by Gasteiger charge is -2.36. The lowest BCUT2D eigenvalue weighted by molar-refractivity contribution is -0.166. The van der Waals surface area contributed by atoms with Crippen molar-refractivity contribution in [3.05, 3.63) is 12.2 Å². The molecular formula is C57H108O6. The van der Waals surface area contributed by atoms with Gasteiger partial charge in [0, 0.05) is 12.8 Å². The Labute approximate surface area is 391 Å². The van der Waals surface area contributed by atoms with Crippen molar-refractivity contribution in [3.63, 3.8) is 0 Å². The Morgan fingerprint density at radius 3 is 0.857 bits per heavy atom. The molecule has 6 heteroatoms. The van der Waals surface area contributed by atoms with Gasteiger partial charge in [-0.25, -0.2) is 0 Å². The minimum absolute atomic E-state index is 0.0388. The molecule has 3 N–H and O–H groups in total. The molecule has 0 atom stereocenters. The molecule has 0 fully saturated rings. The van der Waals surface area contributed by atoms with Gasteiger partial charge in [0.25, 0.3) is 0 Å². The van der Waals surface area contributed by atoms with Gasteiger partial charge in [-0.15, -0.1) is 0 Å². The molecule has 0 aromatic carbocycles. The van der Waals surface area contributed by atoms with Crippen LogP contribution in [0.4, 0.5) is 0 Å². The van der Waals surface area contributed by atoms with Gasteiger partial charge in [0.15, 0.2) is 23.0 Å². The molecule has 0 saturated carbocycles. The summed E-state index contributed by atoms with van der Waals surface area (Å²) in [6.45, 7) is 4.73. The van der Waals surface area contributed by atoms with Gasteiger partial charge in [-0.2, -0.15) is 0 Å². The van der Waals surface area contributed by atoms with Crippen LogP contribution in [0.25, 0.3) is 0 Å². The highest BCUT2D eigenvalue weighted by atomic mass is 16.4. The summed E-state index contributed by atoms with van der Waals surface area (Å²) in [6.07, 6.45) is 54.2. The SMILES string of the molecule is CCCCCCCCC=CCCCCCCC(C(=O)CCCCCCCCCCCCCCCCC)(C(=O)CCCCCCCCCCCCCCCCC)C(=O)C(O)(CO)CO. The molecule has 0 aromatic rings. The molecule has 0 aliphatic heterocycles. The molecule has 0 spiro atoms. The summed E-state index contributed by atoms with van der Waals surface area (Å²) in [4.78, 5) is 43.0. The van der Waals surface area contributed by atoms with Crippen LogP contribution in [0.15, 0.2) is 12.2 Å². The quantitative estimate of drug-likeness (QED) is 0.0319. The Bertz CT molecular complexity index is 1000. The molecule has 0 aromatic heterocycles. The third kappa shape index (κ3) is 32.9. The first-order valence-electron chi connectivity index (χ1n) is 28.0. The number of carbonyl (C=O) groups excluding carboxylic acids is 3. The number of ketones is 3. The second-order valence-electron chi connectivity index (χ2n) is 19.8. The molecule has 0 aliphatic carbocycles. The van der Waals surface area contributed by atoms with Crippen molar-refractivity contribution in [2.45, 2.75) is 315 Å². The topological polar surface area (TPSA) is 112 Å². The van der Waals surface area contributed by atoms with E-state index in [4.69, 9.17) is 0 Å². The number of carbonyl (C=O) groups is 3. The van der Waals surface area contributed by atoms with E-state index in [1.54, 1.807) is 0 Å². The van der Waals surface area contributed by atoms with E-state index in [2.05, 4.69) is 32.9 Å². The molecule has 372 valence electrons. The van der Waals surface area contributed by atoms with E-state index in [9.17, 15) is 29.7 Å². The molecule has 0 saturated heterocycles. The fourth-order valence-corrected chi connectivity index (χ4v) is 9.42. The van der Waals surface area contributed by atoms with Crippen LogP contribution in [0, 0.1) is 5.41 Å². The standard InChI is InChI=1S/C57H108O6/c1-4-7-10-13-16-19-22-25-28-30-33-36-39-42-45-48-53(60)57(55(62)56(63,51-58)52-59,50-47-44-41-38-35-32-27-24-21-18-15-12-9-6-3)54(61)49-46-43-40-37-34-31-29-26-23-20-17-14-11-8-5-2/h27,32,58-59,63H,4-26,28-31,33-52H2,1-3H3. The minimum atomic E-state index is -2.53. The molecule has 0 unspecified atom stereocenters. The molecule has 0 rings (SSSR count). The molecule has 0 amide bonds. The maximum absolute atomic E-state index is 14.4. The summed E-state index contributed by atoms with van der Waals surface area (Å²) in [5, 5.41) is 31.5. The Morgan fingerprint density at radius 1 is 0.349 bits per heavy atom. The van der Waals surface area contributed by atoms with E-state index in [0.29, 0.717) is 19.3 Å². The maximum Gasteiger partial charge on any atom is 0.190 e. The predicted octanol–water partition coefficient (Wildman–Crippen LogP) is 16.6. The first kappa shape index (κ1) is 61.6. The summed E-state index contributed by atoms with van der Waals surface area (Å²) >= 11 is 0. The lowest BCUT2D eigenvalue weighted by atomic mass is 9.65. The van der Waals surface area contributed by atoms with Gasteiger partial charge in [-0.05, 0) is 44.9 Å². The number of unbranched alkanes of at least 4 members (excludes halogenated alkanes) is 38. The second-order valence-corrected chi connectivity index (χ2v) is 19.8. The van der Waals surface area contributed by atoms with E-state index in [-0.39, 0.29) is 19.3 Å². The van der Waals surface area contributed by atoms with E-state index in [1.165, 1.54) is 180 Å². The maximum atomic E-state index is 14.4. The third-order valence-electron chi connectivity index (χ3n) is 13.9. The molecular weight excluding hydrogens is 781 g/mol. The number of aliphatic hydroxyl groups is 3. The van der Waals surface area contributed by atoms with E-state index in [0.717, 1.165) is 70.6 Å². The van der Waals surface area contributed by atoms with Crippen LogP contribution in [0.3, 0.4) is 0 Å². The van der Waals surface area contributed by atoms with Crippen molar-refractivity contribution in [1.82, 2.24) is 0 Å². The zero-order chi connectivity index (χ0) is 46.4. The number of rotatable bonds is 52. The van der Waals surface area contributed by atoms with E-state index in [1.807, 2.05) is 0 Å². The van der Waals surface area contributed by atoms with Gasteiger partial charge in [-0.1, -0.05) is 264 Å². The van der Waals surface area contributed by atoms with Gasteiger partial charge in [0.2, 0.25) is 0 Å². The zero-order valence-electron chi connectivity index (χ0n) is 42.5. The average molecular weight is 889 g/mol. The fourth-order valence-electron chi connectivity index (χ4n) is 9.42. The molecule has 0 bridgehead atoms. The first-order valence-corrected chi connectivity index (χ1v) is 28.0. The van der Waals surface area contributed by atoms with Crippen molar-refractivity contribution < 1.29 is 29.7 Å². The molecule has 63 heavy (non-hydrogen) atoms. The van der Waals surface area contributed by atoms with Crippen LogP contribution >= 0.6 is 0 Å². The van der Waals surface area contributed by atoms with Crippen molar-refractivity contribution in [2.24, 2.45) is 5.41 Å². The smallest absolute Gasteiger partial charge is 0.190 e. The van der Waals surface area contributed by atoms with Crippen LogP contribution in [0.2, 0.25) is 0 Å². The van der Waals surface area contributed by atoms with E-state index < -0.39 is 41.6 Å². The van der Waals surface area contributed by atoms with Gasteiger partial charge in [-0.3, -0.25) is 14.4 Å². The largest absolute Gasteiger partial charge is 0.393 e. The Kier molecular flexibility index (Phi) is 44.8. The molecule has 6 nitrogen and oxygen atoms in total. The van der Waals surface area contributed by atoms with E-state index >= 15 is 0 Å². The van der Waals surface area contributed by atoms with Gasteiger partial charge < -0.3 is 15.3 Å². The number of allylic oxidation sites excluding steroid dienone is 2. The van der Waals surface area contributed by atoms with Crippen molar-refractivity contribution in [1.29, 1.82) is 0 Å². The van der Waals surface area contributed by atoms with Crippen molar-refractivity contribution >= 4 is 17.3 Å². The zero-order valence-corrected chi connectivity index (χ0v) is 42.5. The third-order valence-corrected chi connectivity index (χ3v) is 13.9. The van der Waals surface area contributed by atoms with Crippen LogP contribution in [0.5, 0.6) is 0 Å². The first-order chi connectivity index (χ1) is 30.8. The Morgan fingerprint density at radius 2 is 0.587 bits per heavy atom. The molecule has 0 heterocycles. The highest BCUT2D eigenvalue weighted by Crippen LogP contribution is 2.37. The van der Waals surface area contributed by atoms with Crippen molar-refractivity contribution in [2.75, 3.05) is 13.2 Å². The average Bonchev–Trinajstić information content (AvgIpc) is 3.29. The number of aliphatic hydroxyl groups excluding tert-OH is 2. The summed E-state index contributed by atoms with van der Waals surface area (Å²) in [7, 11) is 0. The highest BCUT2D eigenvalue weighted by Gasteiger charge is 2.56. The number of hydrogen-bond donors (Lipinski definition) is 3. The lowest BCUT2D eigenvalue weighted by Crippen LogP contribution is -2.59. The van der Waals surface area contributed by atoms with Crippen LogP contribution < -0.4 is 0 Å². The van der Waals surface area contributed by atoms with Crippen LogP contribution in [-0.2, 0) is 14.4 Å².